The van der Waals surface area contributed by atoms with E-state index in [-0.39, 0.29) is 12.0 Å². The molecule has 4 nitrogen and oxygen atoms in total. The van der Waals surface area contributed by atoms with Gasteiger partial charge in [0.2, 0.25) is 5.91 Å². The third kappa shape index (κ3) is 5.50. The molecular formula is C13H26N2O2. The molecule has 0 radical (unpaired) electrons. The van der Waals surface area contributed by atoms with Crippen molar-refractivity contribution < 1.29 is 9.53 Å². The van der Waals surface area contributed by atoms with Crippen molar-refractivity contribution in [1.82, 2.24) is 10.2 Å². The van der Waals surface area contributed by atoms with Crippen LogP contribution in [0.15, 0.2) is 0 Å². The van der Waals surface area contributed by atoms with E-state index in [4.69, 9.17) is 4.74 Å². The zero-order valence-corrected chi connectivity index (χ0v) is 11.2. The molecule has 1 saturated heterocycles. The highest BCUT2D eigenvalue weighted by molar-refractivity contribution is 5.78. The van der Waals surface area contributed by atoms with E-state index in [1.165, 1.54) is 0 Å². The van der Waals surface area contributed by atoms with E-state index in [0.29, 0.717) is 6.54 Å². The van der Waals surface area contributed by atoms with Crippen molar-refractivity contribution in [3.8, 4) is 0 Å². The van der Waals surface area contributed by atoms with Gasteiger partial charge >= 0.3 is 0 Å². The van der Waals surface area contributed by atoms with Crippen LogP contribution in [-0.4, -0.2) is 49.7 Å². The van der Waals surface area contributed by atoms with E-state index in [1.54, 1.807) is 0 Å². The largest absolute Gasteiger partial charge is 0.376 e. The van der Waals surface area contributed by atoms with Gasteiger partial charge in [0.25, 0.3) is 0 Å². The monoisotopic (exact) mass is 242 g/mol. The summed E-state index contributed by atoms with van der Waals surface area (Å²) in [4.78, 5) is 13.8. The molecule has 1 heterocycles. The molecule has 0 aromatic rings. The van der Waals surface area contributed by atoms with Crippen molar-refractivity contribution in [1.29, 1.82) is 0 Å². The SMILES string of the molecule is CCCNCC(=O)N1CCCC(OCCC)C1. The van der Waals surface area contributed by atoms with Crippen LogP contribution in [0.4, 0.5) is 0 Å². The highest BCUT2D eigenvalue weighted by atomic mass is 16.5. The summed E-state index contributed by atoms with van der Waals surface area (Å²) in [6.07, 6.45) is 4.51. The third-order valence-electron chi connectivity index (χ3n) is 2.99. The van der Waals surface area contributed by atoms with Gasteiger partial charge in [-0.1, -0.05) is 13.8 Å². The predicted octanol–water partition coefficient (Wildman–Crippen LogP) is 1.40. The van der Waals surface area contributed by atoms with E-state index in [2.05, 4.69) is 19.2 Å². The molecule has 0 aromatic heterocycles. The number of carbonyl (C=O) groups excluding carboxylic acids is 1. The normalized spacial score (nSPS) is 20.6. The number of carbonyl (C=O) groups is 1. The summed E-state index contributed by atoms with van der Waals surface area (Å²) < 4.78 is 5.72. The van der Waals surface area contributed by atoms with Gasteiger partial charge < -0.3 is 15.0 Å². The van der Waals surface area contributed by atoms with Crippen LogP contribution >= 0.6 is 0 Å². The molecule has 1 fully saturated rings. The zero-order chi connectivity index (χ0) is 12.5. The van der Waals surface area contributed by atoms with Gasteiger partial charge in [0.05, 0.1) is 12.6 Å². The van der Waals surface area contributed by atoms with Crippen LogP contribution in [0, 0.1) is 0 Å². The molecule has 1 unspecified atom stereocenters. The zero-order valence-electron chi connectivity index (χ0n) is 11.2. The summed E-state index contributed by atoms with van der Waals surface area (Å²) in [5, 5.41) is 3.16. The summed E-state index contributed by atoms with van der Waals surface area (Å²) in [7, 11) is 0. The van der Waals surface area contributed by atoms with Crippen LogP contribution in [0.25, 0.3) is 0 Å². The van der Waals surface area contributed by atoms with Crippen LogP contribution in [-0.2, 0) is 9.53 Å². The fraction of sp³-hybridized carbons (Fsp3) is 0.923. The molecule has 1 N–H and O–H groups in total. The lowest BCUT2D eigenvalue weighted by Crippen LogP contribution is -2.46. The molecule has 1 rings (SSSR count). The van der Waals surface area contributed by atoms with Crippen molar-refractivity contribution in [2.45, 2.75) is 45.6 Å². The highest BCUT2D eigenvalue weighted by Crippen LogP contribution is 2.13. The second-order valence-corrected chi connectivity index (χ2v) is 4.65. The van der Waals surface area contributed by atoms with E-state index in [1.807, 2.05) is 4.90 Å². The number of ether oxygens (including phenoxy) is 1. The Labute approximate surface area is 105 Å². The van der Waals surface area contributed by atoms with Crippen LogP contribution in [0.1, 0.15) is 39.5 Å². The first-order valence-electron chi connectivity index (χ1n) is 6.88. The lowest BCUT2D eigenvalue weighted by atomic mass is 10.1. The van der Waals surface area contributed by atoms with Crippen LogP contribution in [0.3, 0.4) is 0 Å². The first-order valence-corrected chi connectivity index (χ1v) is 6.88. The van der Waals surface area contributed by atoms with Crippen molar-refractivity contribution in [3.63, 3.8) is 0 Å². The summed E-state index contributed by atoms with van der Waals surface area (Å²) in [5.74, 6) is 0.211. The number of hydrogen-bond donors (Lipinski definition) is 1. The maximum atomic E-state index is 11.9. The number of amides is 1. The van der Waals surface area contributed by atoms with E-state index in [9.17, 15) is 4.79 Å². The van der Waals surface area contributed by atoms with Crippen molar-refractivity contribution >= 4 is 5.91 Å². The molecule has 17 heavy (non-hydrogen) atoms. The first-order chi connectivity index (χ1) is 8.27. The fourth-order valence-electron chi connectivity index (χ4n) is 2.07. The Morgan fingerprint density at radius 1 is 1.41 bits per heavy atom. The number of rotatable bonds is 7. The predicted molar refractivity (Wildman–Crippen MR) is 69.0 cm³/mol. The molecule has 1 aliphatic rings. The molecule has 0 aromatic carbocycles. The lowest BCUT2D eigenvalue weighted by molar-refractivity contribution is -0.134. The van der Waals surface area contributed by atoms with Gasteiger partial charge in [0.1, 0.15) is 0 Å². The summed E-state index contributed by atoms with van der Waals surface area (Å²) in [5.41, 5.74) is 0. The van der Waals surface area contributed by atoms with E-state index in [0.717, 1.165) is 51.9 Å². The minimum Gasteiger partial charge on any atom is -0.376 e. The quantitative estimate of drug-likeness (QED) is 0.686. The highest BCUT2D eigenvalue weighted by Gasteiger charge is 2.23. The minimum absolute atomic E-state index is 0.211. The number of piperidine rings is 1. The van der Waals surface area contributed by atoms with Crippen molar-refractivity contribution in [3.05, 3.63) is 0 Å². The summed E-state index contributed by atoms with van der Waals surface area (Å²) in [6, 6.07) is 0. The molecule has 0 aliphatic carbocycles. The van der Waals surface area contributed by atoms with Crippen LogP contribution in [0.2, 0.25) is 0 Å². The van der Waals surface area contributed by atoms with E-state index >= 15 is 0 Å². The van der Waals surface area contributed by atoms with Crippen LogP contribution in [0.5, 0.6) is 0 Å². The Morgan fingerprint density at radius 3 is 2.94 bits per heavy atom. The van der Waals surface area contributed by atoms with Gasteiger partial charge in [-0.2, -0.15) is 0 Å². The van der Waals surface area contributed by atoms with Gasteiger partial charge in [-0.15, -0.1) is 0 Å². The molecule has 1 amide bonds. The van der Waals surface area contributed by atoms with Crippen molar-refractivity contribution in [2.75, 3.05) is 32.8 Å². The Balaban J connectivity index is 2.25. The number of hydrogen-bond acceptors (Lipinski definition) is 3. The van der Waals surface area contributed by atoms with Crippen molar-refractivity contribution in [2.24, 2.45) is 0 Å². The molecule has 4 heteroatoms. The average Bonchev–Trinajstić information content (AvgIpc) is 2.37. The molecule has 0 spiro atoms. The van der Waals surface area contributed by atoms with Gasteiger partial charge in [-0.25, -0.2) is 0 Å². The van der Waals surface area contributed by atoms with Gasteiger partial charge in [-0.3, -0.25) is 4.79 Å². The number of nitrogens with zero attached hydrogens (tertiary/aromatic N) is 1. The minimum atomic E-state index is 0.211. The molecule has 1 aliphatic heterocycles. The number of nitrogens with one attached hydrogen (secondary N) is 1. The molecule has 100 valence electrons. The first kappa shape index (κ1) is 14.5. The topological polar surface area (TPSA) is 41.6 Å². The second-order valence-electron chi connectivity index (χ2n) is 4.65. The molecular weight excluding hydrogens is 216 g/mol. The Kier molecular flexibility index (Phi) is 7.21. The Morgan fingerprint density at radius 2 is 2.24 bits per heavy atom. The Bertz CT molecular complexity index is 221. The number of likely N-dealkylation sites (tertiary alicyclic amines) is 1. The molecule has 0 saturated carbocycles. The van der Waals surface area contributed by atoms with Gasteiger partial charge in [0.15, 0.2) is 0 Å². The maximum absolute atomic E-state index is 11.9. The molecule has 0 bridgehead atoms. The second kappa shape index (κ2) is 8.48. The smallest absolute Gasteiger partial charge is 0.236 e. The summed E-state index contributed by atoms with van der Waals surface area (Å²) >= 11 is 0. The molecule has 1 atom stereocenters. The lowest BCUT2D eigenvalue weighted by Gasteiger charge is -2.32. The average molecular weight is 242 g/mol. The third-order valence-corrected chi connectivity index (χ3v) is 2.99. The summed E-state index contributed by atoms with van der Waals surface area (Å²) in [6.45, 7) is 8.06. The standard InChI is InChI=1S/C13H26N2O2/c1-3-7-14-10-13(16)15-8-5-6-12(11-15)17-9-4-2/h12,14H,3-11H2,1-2H3. The van der Waals surface area contributed by atoms with E-state index < -0.39 is 0 Å². The maximum Gasteiger partial charge on any atom is 0.236 e. The van der Waals surface area contributed by atoms with Crippen LogP contribution < -0.4 is 5.32 Å². The van der Waals surface area contributed by atoms with Gasteiger partial charge in [0, 0.05) is 19.7 Å². The van der Waals surface area contributed by atoms with Gasteiger partial charge in [-0.05, 0) is 32.2 Å². The fourth-order valence-corrected chi connectivity index (χ4v) is 2.07. The Hall–Kier alpha value is -0.610.